The Bertz CT molecular complexity index is 968. The van der Waals surface area contributed by atoms with E-state index in [-0.39, 0.29) is 11.1 Å². The second-order valence-electron chi connectivity index (χ2n) is 9.19. The molecule has 2 aliphatic carbocycles. The van der Waals surface area contributed by atoms with E-state index in [0.717, 1.165) is 30.9 Å². The van der Waals surface area contributed by atoms with Crippen molar-refractivity contribution in [2.24, 2.45) is 11.8 Å². The number of rotatable bonds is 6. The van der Waals surface area contributed by atoms with Crippen LogP contribution in [0.3, 0.4) is 0 Å². The Morgan fingerprint density at radius 1 is 0.871 bits per heavy atom. The lowest BCUT2D eigenvalue weighted by atomic mass is 9.73. The molecule has 0 aromatic heterocycles. The number of allylic oxidation sites excluding steroid dienone is 2. The third kappa shape index (κ3) is 4.73. The van der Waals surface area contributed by atoms with Crippen molar-refractivity contribution in [2.45, 2.75) is 71.1 Å². The number of unbranched alkanes of at least 4 members (excludes halogenated alkanes) is 2. The molecule has 0 unspecified atom stereocenters. The molecule has 0 radical (unpaired) electrons. The van der Waals surface area contributed by atoms with E-state index in [9.17, 15) is 13.2 Å². The van der Waals surface area contributed by atoms with Gasteiger partial charge in [-0.25, -0.2) is 17.6 Å². The molecule has 0 amide bonds. The van der Waals surface area contributed by atoms with Crippen molar-refractivity contribution in [2.75, 3.05) is 0 Å². The predicted octanol–water partition coefficient (Wildman–Crippen LogP) is 8.32. The van der Waals surface area contributed by atoms with E-state index >= 15 is 4.39 Å². The van der Waals surface area contributed by atoms with Crippen LogP contribution in [0.4, 0.5) is 17.6 Å². The number of hydrogen-bond acceptors (Lipinski definition) is 0. The number of hydrogen-bond donors (Lipinski definition) is 0. The third-order valence-electron chi connectivity index (χ3n) is 7.17. The van der Waals surface area contributed by atoms with Crippen molar-refractivity contribution in [1.82, 2.24) is 0 Å². The zero-order chi connectivity index (χ0) is 22.0. The largest absolute Gasteiger partial charge is 0.206 e. The van der Waals surface area contributed by atoms with Crippen molar-refractivity contribution in [1.29, 1.82) is 0 Å². The minimum absolute atomic E-state index is 0.0212. The molecule has 1 saturated carbocycles. The first kappa shape index (κ1) is 22.1. The summed E-state index contributed by atoms with van der Waals surface area (Å²) < 4.78 is 56.9. The van der Waals surface area contributed by atoms with Gasteiger partial charge in [0.05, 0.1) is 5.56 Å². The first-order valence-electron chi connectivity index (χ1n) is 11.6. The fourth-order valence-corrected chi connectivity index (χ4v) is 5.34. The van der Waals surface area contributed by atoms with Gasteiger partial charge in [-0.05, 0) is 85.3 Å². The maximum absolute atomic E-state index is 15.2. The van der Waals surface area contributed by atoms with Crippen molar-refractivity contribution in [3.63, 3.8) is 0 Å². The first-order valence-corrected chi connectivity index (χ1v) is 11.6. The van der Waals surface area contributed by atoms with Gasteiger partial charge in [-0.1, -0.05) is 50.3 Å². The van der Waals surface area contributed by atoms with Crippen LogP contribution in [-0.4, -0.2) is 0 Å². The molecule has 4 heteroatoms. The Hall–Kier alpha value is -2.10. The number of benzene rings is 2. The topological polar surface area (TPSA) is 0 Å². The lowest BCUT2D eigenvalue weighted by Gasteiger charge is -2.32. The molecule has 4 rings (SSSR count). The smallest absolute Gasteiger partial charge is 0.159 e. The van der Waals surface area contributed by atoms with Gasteiger partial charge in [0.15, 0.2) is 11.6 Å². The molecule has 0 spiro atoms. The van der Waals surface area contributed by atoms with Gasteiger partial charge in [-0.3, -0.25) is 0 Å². The third-order valence-corrected chi connectivity index (χ3v) is 7.17. The Kier molecular flexibility index (Phi) is 6.83. The highest BCUT2D eigenvalue weighted by molar-refractivity contribution is 5.67. The summed E-state index contributed by atoms with van der Waals surface area (Å²) in [5.41, 5.74) is 2.20. The van der Waals surface area contributed by atoms with Gasteiger partial charge < -0.3 is 0 Å². The van der Waals surface area contributed by atoms with Gasteiger partial charge in [-0.2, -0.15) is 0 Å². The summed E-state index contributed by atoms with van der Waals surface area (Å²) in [6.07, 6.45) is 13.1. The summed E-state index contributed by atoms with van der Waals surface area (Å²) in [5.74, 6) is -2.18. The SMILES string of the molecule is CCCCCC1CCC(C2=CCc3c(cc(F)c(-c4ccc(F)c(F)c4)c3F)C2)CC1. The summed E-state index contributed by atoms with van der Waals surface area (Å²) in [6, 6.07) is 4.36. The highest BCUT2D eigenvalue weighted by Gasteiger charge is 2.28. The lowest BCUT2D eigenvalue weighted by Crippen LogP contribution is -2.20. The average molecular weight is 431 g/mol. The summed E-state index contributed by atoms with van der Waals surface area (Å²) >= 11 is 0. The molecule has 166 valence electrons. The van der Waals surface area contributed by atoms with E-state index in [0.29, 0.717) is 29.9 Å². The molecular formula is C27H30F4. The van der Waals surface area contributed by atoms with Crippen LogP contribution in [0.15, 0.2) is 35.9 Å². The quantitative estimate of drug-likeness (QED) is 0.245. The van der Waals surface area contributed by atoms with Crippen molar-refractivity contribution >= 4 is 0 Å². The molecule has 0 N–H and O–H groups in total. The average Bonchev–Trinajstić information content (AvgIpc) is 2.76. The van der Waals surface area contributed by atoms with E-state index < -0.39 is 23.3 Å². The summed E-state index contributed by atoms with van der Waals surface area (Å²) in [4.78, 5) is 0. The van der Waals surface area contributed by atoms with Gasteiger partial charge in [0.2, 0.25) is 0 Å². The van der Waals surface area contributed by atoms with Crippen molar-refractivity contribution in [3.05, 3.63) is 70.3 Å². The zero-order valence-corrected chi connectivity index (χ0v) is 18.1. The number of fused-ring (bicyclic) bond motifs is 1. The molecule has 31 heavy (non-hydrogen) atoms. The molecule has 0 bridgehead atoms. The van der Waals surface area contributed by atoms with Gasteiger partial charge in [0.25, 0.3) is 0 Å². The Labute approximate surface area is 182 Å². The van der Waals surface area contributed by atoms with E-state index in [2.05, 4.69) is 13.0 Å². The molecular weight excluding hydrogens is 400 g/mol. The van der Waals surface area contributed by atoms with Gasteiger partial charge >= 0.3 is 0 Å². The second-order valence-corrected chi connectivity index (χ2v) is 9.19. The molecule has 1 fully saturated rings. The fraction of sp³-hybridized carbons (Fsp3) is 0.481. The molecule has 2 aromatic carbocycles. The van der Waals surface area contributed by atoms with Crippen LogP contribution < -0.4 is 0 Å². The van der Waals surface area contributed by atoms with Crippen LogP contribution in [0, 0.1) is 35.1 Å². The number of halogens is 4. The monoisotopic (exact) mass is 430 g/mol. The van der Waals surface area contributed by atoms with Crippen molar-refractivity contribution in [3.8, 4) is 11.1 Å². The first-order chi connectivity index (χ1) is 15.0. The Morgan fingerprint density at radius 3 is 2.35 bits per heavy atom. The minimum Gasteiger partial charge on any atom is -0.206 e. The zero-order valence-electron chi connectivity index (χ0n) is 18.1. The normalized spacial score (nSPS) is 21.0. The van der Waals surface area contributed by atoms with E-state index in [1.54, 1.807) is 0 Å². The predicted molar refractivity (Wildman–Crippen MR) is 117 cm³/mol. The standard InChI is InChI=1S/C27H30F4/c1-2-3-4-5-17-6-8-18(9-7-17)19-10-12-22-21(14-19)16-25(30)26(27(22)31)20-11-13-23(28)24(29)15-20/h10-11,13,15-18H,2-9,12,14H2,1H3. The molecule has 2 aliphatic rings. The fourth-order valence-electron chi connectivity index (χ4n) is 5.34. The Morgan fingerprint density at radius 2 is 1.65 bits per heavy atom. The van der Waals surface area contributed by atoms with Crippen LogP contribution in [0.5, 0.6) is 0 Å². The van der Waals surface area contributed by atoms with Gasteiger partial charge in [-0.15, -0.1) is 0 Å². The molecule has 0 nitrogen and oxygen atoms in total. The maximum atomic E-state index is 15.2. The minimum atomic E-state index is -1.11. The maximum Gasteiger partial charge on any atom is 0.159 e. The van der Waals surface area contributed by atoms with E-state index in [1.807, 2.05) is 0 Å². The lowest BCUT2D eigenvalue weighted by molar-refractivity contribution is 0.279. The summed E-state index contributed by atoms with van der Waals surface area (Å²) in [5, 5.41) is 0. The van der Waals surface area contributed by atoms with Crippen LogP contribution in [0.2, 0.25) is 0 Å². The molecule has 0 heterocycles. The van der Waals surface area contributed by atoms with E-state index in [1.165, 1.54) is 56.2 Å². The van der Waals surface area contributed by atoms with Crippen LogP contribution in [0.1, 0.15) is 69.4 Å². The highest BCUT2D eigenvalue weighted by atomic mass is 19.2. The summed E-state index contributed by atoms with van der Waals surface area (Å²) in [6.45, 7) is 2.23. The van der Waals surface area contributed by atoms with Crippen LogP contribution >= 0.6 is 0 Å². The van der Waals surface area contributed by atoms with Gasteiger partial charge in [0.1, 0.15) is 11.6 Å². The molecule has 0 atom stereocenters. The highest BCUT2D eigenvalue weighted by Crippen LogP contribution is 2.40. The molecule has 0 saturated heterocycles. The summed E-state index contributed by atoms with van der Waals surface area (Å²) in [7, 11) is 0. The van der Waals surface area contributed by atoms with Crippen LogP contribution in [0.25, 0.3) is 11.1 Å². The molecule has 2 aromatic rings. The van der Waals surface area contributed by atoms with E-state index in [4.69, 9.17) is 0 Å². The second kappa shape index (κ2) is 9.58. The van der Waals surface area contributed by atoms with Gasteiger partial charge in [0, 0.05) is 0 Å². The van der Waals surface area contributed by atoms with Crippen LogP contribution in [-0.2, 0) is 12.8 Å². The molecule has 0 aliphatic heterocycles. The van der Waals surface area contributed by atoms with Crippen molar-refractivity contribution < 1.29 is 17.6 Å². The Balaban J connectivity index is 1.48.